The van der Waals surface area contributed by atoms with Crippen molar-refractivity contribution < 1.29 is 28.2 Å². The molecular weight excluding hydrogens is 553 g/mol. The van der Waals surface area contributed by atoms with Gasteiger partial charge in [0.1, 0.15) is 6.33 Å². The molecule has 2 amide bonds. The van der Waals surface area contributed by atoms with E-state index >= 15 is 4.39 Å². The fourth-order valence-electron chi connectivity index (χ4n) is 5.19. The lowest BCUT2D eigenvalue weighted by Gasteiger charge is -2.29. The molecular formula is C32H34FN5O5. The molecule has 4 aromatic rings. The van der Waals surface area contributed by atoms with E-state index in [0.29, 0.717) is 34.7 Å². The van der Waals surface area contributed by atoms with Gasteiger partial charge < -0.3 is 30.2 Å². The van der Waals surface area contributed by atoms with Gasteiger partial charge in [0.25, 0.3) is 0 Å². The molecule has 0 saturated carbocycles. The molecule has 11 heteroatoms. The Morgan fingerprint density at radius 3 is 2.51 bits per heavy atom. The number of hydrogen-bond acceptors (Lipinski definition) is 8. The van der Waals surface area contributed by atoms with Crippen molar-refractivity contribution in [2.24, 2.45) is 11.7 Å². The second-order valence-electron chi connectivity index (χ2n) is 10.4. The minimum absolute atomic E-state index is 0.0210. The minimum atomic E-state index is -1.14. The number of nitrogens with two attached hydrogens (primary N) is 1. The first kappa shape index (κ1) is 29.7. The zero-order valence-corrected chi connectivity index (χ0v) is 24.1. The van der Waals surface area contributed by atoms with Crippen LogP contribution in [0.3, 0.4) is 0 Å². The predicted molar refractivity (Wildman–Crippen MR) is 160 cm³/mol. The van der Waals surface area contributed by atoms with E-state index in [1.165, 1.54) is 18.5 Å². The molecule has 0 bridgehead atoms. The molecule has 1 saturated heterocycles. The summed E-state index contributed by atoms with van der Waals surface area (Å²) >= 11 is 0. The quantitative estimate of drug-likeness (QED) is 0.261. The highest BCUT2D eigenvalue weighted by Crippen LogP contribution is 2.38. The van der Waals surface area contributed by atoms with Gasteiger partial charge in [0.2, 0.25) is 5.88 Å². The Morgan fingerprint density at radius 1 is 1.05 bits per heavy atom. The van der Waals surface area contributed by atoms with E-state index in [0.717, 1.165) is 42.5 Å². The van der Waals surface area contributed by atoms with Crippen molar-refractivity contribution in [2.75, 3.05) is 31.6 Å². The van der Waals surface area contributed by atoms with Crippen molar-refractivity contribution >= 4 is 28.4 Å². The van der Waals surface area contributed by atoms with Crippen LogP contribution in [0.4, 0.5) is 10.1 Å². The highest BCUT2D eigenvalue weighted by Gasteiger charge is 2.24. The number of methoxy groups -OCH3 is 1. The molecule has 3 N–H and O–H groups in total. The summed E-state index contributed by atoms with van der Waals surface area (Å²) in [5.74, 6) is -1.40. The number of fused-ring (bicyclic) bond motifs is 1. The topological polar surface area (TPSA) is 129 Å². The number of anilines is 1. The molecule has 224 valence electrons. The first-order valence-corrected chi connectivity index (χ1v) is 14.2. The van der Waals surface area contributed by atoms with Crippen molar-refractivity contribution in [1.29, 1.82) is 0 Å². The highest BCUT2D eigenvalue weighted by molar-refractivity contribution is 6.39. The number of benzene rings is 3. The van der Waals surface area contributed by atoms with Crippen LogP contribution in [0.2, 0.25) is 0 Å². The number of halogens is 1. The fourth-order valence-corrected chi connectivity index (χ4v) is 5.19. The van der Waals surface area contributed by atoms with Crippen LogP contribution >= 0.6 is 0 Å². The summed E-state index contributed by atoms with van der Waals surface area (Å²) in [7, 11) is 1.54. The number of carbonyl (C=O) groups excluding carboxylic acids is 2. The first-order chi connectivity index (χ1) is 20.8. The number of carbonyl (C=O) groups is 2. The maximum atomic E-state index is 15.4. The normalized spacial score (nSPS) is 14.2. The molecule has 0 radical (unpaired) electrons. The molecule has 5 rings (SSSR count). The Labute approximate surface area is 249 Å². The molecule has 3 aromatic carbocycles. The fraction of sp³-hybridized carbons (Fsp3) is 0.312. The number of hydrogen-bond donors (Lipinski definition) is 2. The molecule has 1 atom stereocenters. The predicted octanol–water partition coefficient (Wildman–Crippen LogP) is 4.40. The lowest BCUT2D eigenvalue weighted by molar-refractivity contribution is -0.135. The molecule has 1 fully saturated rings. The summed E-state index contributed by atoms with van der Waals surface area (Å²) in [5.41, 5.74) is 6.94. The van der Waals surface area contributed by atoms with Crippen molar-refractivity contribution in [3.8, 4) is 23.1 Å². The van der Waals surface area contributed by atoms with Crippen LogP contribution in [-0.4, -0.2) is 54.6 Å². The molecule has 0 aliphatic carbocycles. The maximum absolute atomic E-state index is 15.4. The number of primary amides is 1. The summed E-state index contributed by atoms with van der Waals surface area (Å²) in [4.78, 5) is 34.1. The van der Waals surface area contributed by atoms with Crippen molar-refractivity contribution in [1.82, 2.24) is 15.3 Å². The van der Waals surface area contributed by atoms with Gasteiger partial charge in [-0.2, -0.15) is 0 Å². The average molecular weight is 588 g/mol. The van der Waals surface area contributed by atoms with E-state index in [4.69, 9.17) is 19.9 Å². The monoisotopic (exact) mass is 587 g/mol. The first-order valence-electron chi connectivity index (χ1n) is 14.2. The van der Waals surface area contributed by atoms with Crippen LogP contribution in [-0.2, 0) is 16.0 Å². The van der Waals surface area contributed by atoms with Gasteiger partial charge in [-0.3, -0.25) is 9.59 Å². The van der Waals surface area contributed by atoms with Crippen molar-refractivity contribution in [3.63, 3.8) is 0 Å². The standard InChI is InChI=1S/C32H34FN5O5/c1-20(22-10-13-35-14-11-22)42-29-18-26-24(17-28(29)41-2)31(37-19-36-26)43-27-9-8-23(16-25(27)33)38(32(40)30(34)39)15-12-21-6-4-3-5-7-21/h3-9,16-20,22,35H,10-15H2,1-2H3,(H2,34,39). The summed E-state index contributed by atoms with van der Waals surface area (Å²) in [6, 6.07) is 16.9. The zero-order chi connectivity index (χ0) is 30.3. The molecule has 0 spiro atoms. The van der Waals surface area contributed by atoms with Crippen LogP contribution in [0.25, 0.3) is 10.9 Å². The van der Waals surface area contributed by atoms with Gasteiger partial charge in [0.15, 0.2) is 23.1 Å². The van der Waals surface area contributed by atoms with E-state index in [1.54, 1.807) is 19.2 Å². The van der Waals surface area contributed by atoms with Gasteiger partial charge in [-0.05, 0) is 69.0 Å². The van der Waals surface area contributed by atoms with Crippen LogP contribution in [0.5, 0.6) is 23.1 Å². The summed E-state index contributed by atoms with van der Waals surface area (Å²) in [5, 5.41) is 3.86. The minimum Gasteiger partial charge on any atom is -0.493 e. The van der Waals surface area contributed by atoms with Gasteiger partial charge in [-0.15, -0.1) is 0 Å². The highest BCUT2D eigenvalue weighted by atomic mass is 19.1. The zero-order valence-electron chi connectivity index (χ0n) is 24.1. The number of piperidine rings is 1. The number of nitrogens with one attached hydrogen (secondary N) is 1. The molecule has 43 heavy (non-hydrogen) atoms. The number of rotatable bonds is 10. The van der Waals surface area contributed by atoms with Crippen molar-refractivity contribution in [3.05, 3.63) is 78.4 Å². The average Bonchev–Trinajstić information content (AvgIpc) is 3.03. The summed E-state index contributed by atoms with van der Waals surface area (Å²) < 4.78 is 33.2. The van der Waals surface area contributed by atoms with Gasteiger partial charge in [0.05, 0.1) is 24.1 Å². The second-order valence-corrected chi connectivity index (χ2v) is 10.4. The Balaban J connectivity index is 1.38. The number of amides is 2. The van der Waals surface area contributed by atoms with Gasteiger partial charge in [-0.25, -0.2) is 14.4 Å². The van der Waals surface area contributed by atoms with Crippen LogP contribution < -0.4 is 30.2 Å². The third-order valence-corrected chi connectivity index (χ3v) is 7.60. The third kappa shape index (κ3) is 7.00. The number of aromatic nitrogens is 2. The number of nitrogens with zero attached hydrogens (tertiary/aromatic N) is 3. The lowest BCUT2D eigenvalue weighted by Crippen LogP contribution is -2.41. The molecule has 2 heterocycles. The maximum Gasteiger partial charge on any atom is 0.316 e. The second kappa shape index (κ2) is 13.5. The Hall–Kier alpha value is -4.77. The van der Waals surface area contributed by atoms with E-state index in [2.05, 4.69) is 22.2 Å². The van der Waals surface area contributed by atoms with Crippen LogP contribution in [0.1, 0.15) is 25.3 Å². The van der Waals surface area contributed by atoms with E-state index in [-0.39, 0.29) is 30.0 Å². The largest absolute Gasteiger partial charge is 0.493 e. The van der Waals surface area contributed by atoms with Gasteiger partial charge >= 0.3 is 11.8 Å². The molecule has 1 aliphatic heterocycles. The Morgan fingerprint density at radius 2 is 1.81 bits per heavy atom. The third-order valence-electron chi connectivity index (χ3n) is 7.60. The summed E-state index contributed by atoms with van der Waals surface area (Å²) in [6.45, 7) is 4.11. The lowest BCUT2D eigenvalue weighted by atomic mass is 9.93. The molecule has 1 aromatic heterocycles. The van der Waals surface area contributed by atoms with Crippen LogP contribution in [0, 0.1) is 11.7 Å². The Kier molecular flexibility index (Phi) is 9.31. The SMILES string of the molecule is COc1cc2c(Oc3ccc(N(CCc4ccccc4)C(=O)C(N)=O)cc3F)ncnc2cc1OC(C)C1CCNCC1. The van der Waals surface area contributed by atoms with Gasteiger partial charge in [0, 0.05) is 24.4 Å². The number of ether oxygens (including phenoxy) is 3. The van der Waals surface area contributed by atoms with Gasteiger partial charge in [-0.1, -0.05) is 30.3 Å². The van der Waals surface area contributed by atoms with Crippen molar-refractivity contribution in [2.45, 2.75) is 32.3 Å². The van der Waals surface area contributed by atoms with E-state index in [1.807, 2.05) is 30.3 Å². The molecule has 10 nitrogen and oxygen atoms in total. The summed E-state index contributed by atoms with van der Waals surface area (Å²) in [6.07, 6.45) is 3.81. The molecule has 1 aliphatic rings. The van der Waals surface area contributed by atoms with Crippen LogP contribution in [0.15, 0.2) is 67.0 Å². The van der Waals surface area contributed by atoms with E-state index in [9.17, 15) is 9.59 Å². The van der Waals surface area contributed by atoms with E-state index < -0.39 is 17.6 Å². The molecule has 1 unspecified atom stereocenters. The smallest absolute Gasteiger partial charge is 0.316 e. The Bertz CT molecular complexity index is 1600.